The van der Waals surface area contributed by atoms with Gasteiger partial charge in [-0.3, -0.25) is 4.84 Å². The molecule has 0 radical (unpaired) electrons. The van der Waals surface area contributed by atoms with E-state index in [1.807, 2.05) is 0 Å². The molecule has 0 aromatic rings. The molecule has 0 spiro atoms. The van der Waals surface area contributed by atoms with Gasteiger partial charge in [0.2, 0.25) is 0 Å². The van der Waals surface area contributed by atoms with Crippen LogP contribution in [0.1, 0.15) is 44.9 Å². The highest BCUT2D eigenvalue weighted by molar-refractivity contribution is 6.48. The molecule has 2 N–H and O–H groups in total. The highest BCUT2D eigenvalue weighted by Gasteiger charge is 2.21. The second-order valence-corrected chi connectivity index (χ2v) is 5.38. The summed E-state index contributed by atoms with van der Waals surface area (Å²) in [4.78, 5) is 5.44. The Hall–Kier alpha value is -0.845. The van der Waals surface area contributed by atoms with Crippen molar-refractivity contribution < 1.29 is 14.9 Å². The van der Waals surface area contributed by atoms with E-state index in [0.717, 1.165) is 12.3 Å². The molecule has 1 unspecified atom stereocenters. The molecule has 1 aliphatic heterocycles. The molecule has 2 aliphatic rings. The molecule has 0 bridgehead atoms. The Kier molecular flexibility index (Phi) is 5.88. The second kappa shape index (κ2) is 7.67. The SMILES string of the molecule is OB(O)C1C=CN(OCCCCCCC2CC2)N=C1. The average molecular weight is 266 g/mol. The molecular weight excluding hydrogens is 243 g/mol. The molecule has 1 saturated carbocycles. The van der Waals surface area contributed by atoms with Crippen LogP contribution in [0.15, 0.2) is 17.4 Å². The minimum atomic E-state index is -1.39. The summed E-state index contributed by atoms with van der Waals surface area (Å²) in [5.74, 6) is 0.598. The summed E-state index contributed by atoms with van der Waals surface area (Å²) in [5, 5.41) is 23.3. The van der Waals surface area contributed by atoms with Crippen molar-refractivity contribution in [3.63, 3.8) is 0 Å². The van der Waals surface area contributed by atoms with Gasteiger partial charge in [0.1, 0.15) is 0 Å². The van der Waals surface area contributed by atoms with Crippen molar-refractivity contribution in [3.05, 3.63) is 12.3 Å². The monoisotopic (exact) mass is 266 g/mol. The Morgan fingerprint density at radius 1 is 1.21 bits per heavy atom. The van der Waals surface area contributed by atoms with Crippen LogP contribution in [0.3, 0.4) is 0 Å². The van der Waals surface area contributed by atoms with E-state index in [4.69, 9.17) is 14.9 Å². The maximum Gasteiger partial charge on any atom is 0.464 e. The summed E-state index contributed by atoms with van der Waals surface area (Å²) in [6.07, 6.45) is 13.9. The predicted octanol–water partition coefficient (Wildman–Crippen LogP) is 1.94. The first-order valence-electron chi connectivity index (χ1n) is 7.26. The number of nitrogens with zero attached hydrogens (tertiary/aromatic N) is 2. The number of hydrogen-bond acceptors (Lipinski definition) is 5. The minimum Gasteiger partial charge on any atom is -0.426 e. The predicted molar refractivity (Wildman–Crippen MR) is 75.2 cm³/mol. The van der Waals surface area contributed by atoms with Gasteiger partial charge in [0.05, 0.1) is 18.6 Å². The van der Waals surface area contributed by atoms with Crippen molar-refractivity contribution in [1.82, 2.24) is 5.17 Å². The minimum absolute atomic E-state index is 0.442. The molecule has 1 aliphatic carbocycles. The van der Waals surface area contributed by atoms with Crippen LogP contribution in [0.4, 0.5) is 0 Å². The van der Waals surface area contributed by atoms with Gasteiger partial charge in [-0.05, 0) is 12.3 Å². The van der Waals surface area contributed by atoms with E-state index in [1.165, 1.54) is 49.9 Å². The van der Waals surface area contributed by atoms with Gasteiger partial charge in [-0.1, -0.05) is 44.6 Å². The summed E-state index contributed by atoms with van der Waals surface area (Å²) >= 11 is 0. The Bertz CT molecular complexity index is 305. The zero-order valence-corrected chi connectivity index (χ0v) is 11.3. The van der Waals surface area contributed by atoms with Crippen LogP contribution < -0.4 is 0 Å². The first-order valence-corrected chi connectivity index (χ1v) is 7.26. The van der Waals surface area contributed by atoms with Crippen molar-refractivity contribution in [3.8, 4) is 0 Å². The van der Waals surface area contributed by atoms with Gasteiger partial charge in [-0.25, -0.2) is 0 Å². The summed E-state index contributed by atoms with van der Waals surface area (Å²) in [7, 11) is -1.39. The quantitative estimate of drug-likeness (QED) is 0.494. The standard InChI is InChI=1S/C13H23BN2O3/c17-14(18)13-8-9-16(15-11-13)19-10-4-2-1-3-5-12-6-7-12/h8-9,11-13,17-18H,1-7,10H2. The lowest BCUT2D eigenvalue weighted by molar-refractivity contribution is -0.121. The van der Waals surface area contributed by atoms with Crippen molar-refractivity contribution >= 4 is 13.3 Å². The van der Waals surface area contributed by atoms with Crippen LogP contribution in [-0.2, 0) is 4.84 Å². The van der Waals surface area contributed by atoms with Crippen LogP contribution in [0.5, 0.6) is 0 Å². The van der Waals surface area contributed by atoms with Crippen LogP contribution in [0.25, 0.3) is 0 Å². The van der Waals surface area contributed by atoms with Crippen molar-refractivity contribution in [1.29, 1.82) is 0 Å². The van der Waals surface area contributed by atoms with Crippen molar-refractivity contribution in [2.24, 2.45) is 11.0 Å². The van der Waals surface area contributed by atoms with Gasteiger partial charge >= 0.3 is 7.12 Å². The maximum atomic E-state index is 8.96. The zero-order chi connectivity index (χ0) is 13.5. The summed E-state index contributed by atoms with van der Waals surface area (Å²) in [5.41, 5.74) is 0. The molecule has 0 aromatic carbocycles. The lowest BCUT2D eigenvalue weighted by atomic mass is 9.73. The molecule has 2 rings (SSSR count). The number of rotatable bonds is 9. The highest BCUT2D eigenvalue weighted by atomic mass is 16.7. The topological polar surface area (TPSA) is 65.3 Å². The van der Waals surface area contributed by atoms with Crippen LogP contribution in [-0.4, -0.2) is 35.2 Å². The van der Waals surface area contributed by atoms with Crippen molar-refractivity contribution in [2.45, 2.75) is 50.8 Å². The molecule has 0 amide bonds. The van der Waals surface area contributed by atoms with E-state index >= 15 is 0 Å². The Balaban J connectivity index is 1.45. The number of hydroxylamine groups is 1. The zero-order valence-electron chi connectivity index (χ0n) is 11.3. The summed E-state index contributed by atoms with van der Waals surface area (Å²) < 4.78 is 0. The Morgan fingerprint density at radius 2 is 2.00 bits per heavy atom. The third-order valence-electron chi connectivity index (χ3n) is 3.56. The van der Waals surface area contributed by atoms with Crippen LogP contribution in [0.2, 0.25) is 5.82 Å². The molecular formula is C13H23BN2O3. The lowest BCUT2D eigenvalue weighted by Crippen LogP contribution is -2.25. The third kappa shape index (κ3) is 5.76. The molecule has 1 atom stereocenters. The Labute approximate surface area is 115 Å². The largest absolute Gasteiger partial charge is 0.464 e. The molecule has 19 heavy (non-hydrogen) atoms. The first kappa shape index (κ1) is 14.6. The van der Waals surface area contributed by atoms with Gasteiger partial charge in [0.25, 0.3) is 0 Å². The van der Waals surface area contributed by atoms with E-state index in [-0.39, 0.29) is 0 Å². The van der Waals surface area contributed by atoms with E-state index in [1.54, 1.807) is 12.3 Å². The number of unbranched alkanes of at least 4 members (excludes halogenated alkanes) is 3. The van der Waals surface area contributed by atoms with Gasteiger partial charge in [-0.15, -0.1) is 5.17 Å². The van der Waals surface area contributed by atoms with Gasteiger partial charge in [0.15, 0.2) is 0 Å². The van der Waals surface area contributed by atoms with Crippen molar-refractivity contribution in [2.75, 3.05) is 6.61 Å². The van der Waals surface area contributed by atoms with E-state index in [9.17, 15) is 0 Å². The fourth-order valence-electron chi connectivity index (χ4n) is 2.11. The Morgan fingerprint density at radius 3 is 2.63 bits per heavy atom. The van der Waals surface area contributed by atoms with Gasteiger partial charge in [-0.2, -0.15) is 5.10 Å². The molecule has 6 heteroatoms. The van der Waals surface area contributed by atoms with Gasteiger partial charge in [0, 0.05) is 6.21 Å². The summed E-state index contributed by atoms with van der Waals surface area (Å²) in [6.45, 7) is 0.650. The second-order valence-electron chi connectivity index (χ2n) is 5.38. The molecule has 1 fully saturated rings. The van der Waals surface area contributed by atoms with Crippen LogP contribution >= 0.6 is 0 Å². The number of hydrazone groups is 1. The summed E-state index contributed by atoms with van der Waals surface area (Å²) in [6, 6.07) is 0. The average Bonchev–Trinajstić information content (AvgIpc) is 3.22. The molecule has 5 nitrogen and oxygen atoms in total. The number of hydrogen-bond donors (Lipinski definition) is 2. The van der Waals surface area contributed by atoms with Gasteiger partial charge < -0.3 is 10.0 Å². The first-order chi connectivity index (χ1) is 9.25. The fraction of sp³-hybridized carbons (Fsp3) is 0.769. The van der Waals surface area contributed by atoms with E-state index in [2.05, 4.69) is 5.10 Å². The number of allylic oxidation sites excluding steroid dienone is 1. The fourth-order valence-corrected chi connectivity index (χ4v) is 2.11. The molecule has 106 valence electrons. The molecule has 0 saturated heterocycles. The normalized spacial score (nSPS) is 22.0. The molecule has 0 aromatic heterocycles. The smallest absolute Gasteiger partial charge is 0.426 e. The van der Waals surface area contributed by atoms with Crippen LogP contribution in [0, 0.1) is 5.92 Å². The van der Waals surface area contributed by atoms with E-state index in [0.29, 0.717) is 6.61 Å². The highest BCUT2D eigenvalue weighted by Crippen LogP contribution is 2.34. The lowest BCUT2D eigenvalue weighted by Gasteiger charge is -2.18. The maximum absolute atomic E-state index is 8.96. The van der Waals surface area contributed by atoms with E-state index < -0.39 is 12.9 Å². The molecule has 1 heterocycles. The third-order valence-corrected chi connectivity index (χ3v) is 3.56.